The Morgan fingerprint density at radius 2 is 1.84 bits per heavy atom. The van der Waals surface area contributed by atoms with Gasteiger partial charge in [-0.25, -0.2) is 0 Å². The fourth-order valence-corrected chi connectivity index (χ4v) is 2.47. The van der Waals surface area contributed by atoms with Gasteiger partial charge in [0.25, 0.3) is 0 Å². The highest BCUT2D eigenvalue weighted by atomic mass is 16.3. The molecule has 0 spiro atoms. The van der Waals surface area contributed by atoms with Crippen molar-refractivity contribution in [1.29, 1.82) is 0 Å². The maximum Gasteiger partial charge on any atom is 0.0633 e. The van der Waals surface area contributed by atoms with E-state index < -0.39 is 5.54 Å². The van der Waals surface area contributed by atoms with Gasteiger partial charge in [0.1, 0.15) is 0 Å². The van der Waals surface area contributed by atoms with E-state index in [9.17, 15) is 10.2 Å². The SMILES string of the molecule is CC(CO)(CO)NC1CCN(c2ccncc2)CC1. The number of aliphatic hydroxyl groups is 2. The van der Waals surface area contributed by atoms with Gasteiger partial charge in [0.2, 0.25) is 0 Å². The number of rotatable bonds is 5. The topological polar surface area (TPSA) is 68.6 Å². The Bertz CT molecular complexity index is 374. The molecule has 1 fully saturated rings. The zero-order valence-electron chi connectivity index (χ0n) is 11.4. The number of nitrogens with zero attached hydrogens (tertiary/aromatic N) is 2. The molecule has 1 saturated heterocycles. The summed E-state index contributed by atoms with van der Waals surface area (Å²) < 4.78 is 0. The number of piperidine rings is 1. The molecule has 1 aliphatic rings. The third-order valence-corrected chi connectivity index (χ3v) is 3.77. The van der Waals surface area contributed by atoms with E-state index in [0.29, 0.717) is 6.04 Å². The summed E-state index contributed by atoms with van der Waals surface area (Å²) in [6.07, 6.45) is 5.65. The van der Waals surface area contributed by atoms with Gasteiger partial charge in [-0.2, -0.15) is 0 Å². The number of anilines is 1. The van der Waals surface area contributed by atoms with Crippen molar-refractivity contribution in [2.24, 2.45) is 0 Å². The van der Waals surface area contributed by atoms with Crippen molar-refractivity contribution in [3.63, 3.8) is 0 Å². The predicted molar refractivity (Wildman–Crippen MR) is 75.2 cm³/mol. The molecule has 106 valence electrons. The Balaban J connectivity index is 1.86. The molecule has 0 amide bonds. The van der Waals surface area contributed by atoms with Gasteiger partial charge < -0.3 is 20.4 Å². The highest BCUT2D eigenvalue weighted by Crippen LogP contribution is 2.20. The summed E-state index contributed by atoms with van der Waals surface area (Å²) in [6, 6.07) is 4.40. The largest absolute Gasteiger partial charge is 0.394 e. The lowest BCUT2D eigenvalue weighted by molar-refractivity contribution is 0.0904. The lowest BCUT2D eigenvalue weighted by atomic mass is 9.98. The lowest BCUT2D eigenvalue weighted by Gasteiger charge is -2.38. The molecule has 2 rings (SSSR count). The quantitative estimate of drug-likeness (QED) is 0.718. The van der Waals surface area contributed by atoms with E-state index in [2.05, 4.69) is 15.2 Å². The molecule has 1 aromatic rings. The number of aromatic nitrogens is 1. The van der Waals surface area contributed by atoms with Gasteiger partial charge in [0.05, 0.1) is 18.8 Å². The monoisotopic (exact) mass is 265 g/mol. The van der Waals surface area contributed by atoms with E-state index in [4.69, 9.17) is 0 Å². The third kappa shape index (κ3) is 3.65. The predicted octanol–water partition coefficient (Wildman–Crippen LogP) is 0.383. The molecular weight excluding hydrogens is 242 g/mol. The first-order valence-electron chi connectivity index (χ1n) is 6.81. The van der Waals surface area contributed by atoms with Crippen LogP contribution in [0.2, 0.25) is 0 Å². The van der Waals surface area contributed by atoms with E-state index in [1.807, 2.05) is 31.5 Å². The van der Waals surface area contributed by atoms with Gasteiger partial charge in [0.15, 0.2) is 0 Å². The van der Waals surface area contributed by atoms with Gasteiger partial charge in [-0.15, -0.1) is 0 Å². The summed E-state index contributed by atoms with van der Waals surface area (Å²) in [7, 11) is 0. The molecule has 19 heavy (non-hydrogen) atoms. The Labute approximate surface area is 114 Å². The fourth-order valence-electron chi connectivity index (χ4n) is 2.47. The van der Waals surface area contributed by atoms with Crippen LogP contribution >= 0.6 is 0 Å². The fraction of sp³-hybridized carbons (Fsp3) is 0.643. The smallest absolute Gasteiger partial charge is 0.0633 e. The molecule has 0 bridgehead atoms. The summed E-state index contributed by atoms with van der Waals surface area (Å²) in [5.41, 5.74) is 0.629. The van der Waals surface area contributed by atoms with Crippen molar-refractivity contribution < 1.29 is 10.2 Å². The van der Waals surface area contributed by atoms with Crippen molar-refractivity contribution in [3.05, 3.63) is 24.5 Å². The zero-order valence-corrected chi connectivity index (χ0v) is 11.4. The van der Waals surface area contributed by atoms with E-state index in [-0.39, 0.29) is 13.2 Å². The normalized spacial score (nSPS) is 17.7. The molecule has 0 radical (unpaired) electrons. The molecule has 0 unspecified atom stereocenters. The van der Waals surface area contributed by atoms with Crippen molar-refractivity contribution >= 4 is 5.69 Å². The summed E-state index contributed by atoms with van der Waals surface area (Å²) in [5.74, 6) is 0. The van der Waals surface area contributed by atoms with Gasteiger partial charge >= 0.3 is 0 Å². The lowest BCUT2D eigenvalue weighted by Crippen LogP contribution is -2.56. The van der Waals surface area contributed by atoms with Crippen molar-refractivity contribution in [1.82, 2.24) is 10.3 Å². The zero-order chi connectivity index (χ0) is 13.7. The molecule has 1 aromatic heterocycles. The van der Waals surface area contributed by atoms with E-state index in [0.717, 1.165) is 25.9 Å². The maximum atomic E-state index is 9.31. The molecule has 2 heterocycles. The van der Waals surface area contributed by atoms with Crippen LogP contribution in [0.4, 0.5) is 5.69 Å². The Morgan fingerprint density at radius 3 is 2.37 bits per heavy atom. The van der Waals surface area contributed by atoms with Gasteiger partial charge in [-0.3, -0.25) is 4.98 Å². The van der Waals surface area contributed by atoms with Crippen LogP contribution in [0, 0.1) is 0 Å². The van der Waals surface area contributed by atoms with Crippen molar-refractivity contribution in [2.75, 3.05) is 31.2 Å². The molecule has 0 atom stereocenters. The van der Waals surface area contributed by atoms with Crippen LogP contribution in [0.25, 0.3) is 0 Å². The minimum Gasteiger partial charge on any atom is -0.394 e. The van der Waals surface area contributed by atoms with Crippen LogP contribution < -0.4 is 10.2 Å². The first-order valence-corrected chi connectivity index (χ1v) is 6.81. The Morgan fingerprint density at radius 1 is 1.26 bits per heavy atom. The number of nitrogens with one attached hydrogen (secondary N) is 1. The summed E-state index contributed by atoms with van der Waals surface area (Å²) >= 11 is 0. The van der Waals surface area contributed by atoms with Gasteiger partial charge in [0, 0.05) is 37.2 Å². The van der Waals surface area contributed by atoms with Gasteiger partial charge in [-0.1, -0.05) is 0 Å². The van der Waals surface area contributed by atoms with E-state index >= 15 is 0 Å². The first-order chi connectivity index (χ1) is 9.17. The second kappa shape index (κ2) is 6.32. The molecule has 0 aliphatic carbocycles. The van der Waals surface area contributed by atoms with Crippen LogP contribution in [-0.2, 0) is 0 Å². The van der Waals surface area contributed by atoms with Crippen LogP contribution in [0.3, 0.4) is 0 Å². The molecule has 0 aromatic carbocycles. The van der Waals surface area contributed by atoms with E-state index in [1.165, 1.54) is 5.69 Å². The molecule has 1 aliphatic heterocycles. The van der Waals surface area contributed by atoms with Crippen LogP contribution in [0.1, 0.15) is 19.8 Å². The van der Waals surface area contributed by atoms with Crippen LogP contribution in [0.15, 0.2) is 24.5 Å². The minimum atomic E-state index is -0.580. The second-order valence-corrected chi connectivity index (χ2v) is 5.49. The molecule has 5 nitrogen and oxygen atoms in total. The average molecular weight is 265 g/mol. The highest BCUT2D eigenvalue weighted by Gasteiger charge is 2.28. The van der Waals surface area contributed by atoms with Crippen LogP contribution in [-0.4, -0.2) is 53.1 Å². The second-order valence-electron chi connectivity index (χ2n) is 5.49. The first kappa shape index (κ1) is 14.2. The maximum absolute atomic E-state index is 9.31. The summed E-state index contributed by atoms with van der Waals surface area (Å²) in [4.78, 5) is 6.37. The number of hydrogen-bond donors (Lipinski definition) is 3. The standard InChI is InChI=1S/C14H23N3O2/c1-14(10-18,11-19)16-12-4-8-17(9-5-12)13-2-6-15-7-3-13/h2-3,6-7,12,16,18-19H,4-5,8-11H2,1H3. The van der Waals surface area contributed by atoms with Gasteiger partial charge in [-0.05, 0) is 31.9 Å². The Hall–Kier alpha value is -1.17. The molecule has 0 saturated carbocycles. The van der Waals surface area contributed by atoms with E-state index in [1.54, 1.807) is 0 Å². The number of hydrogen-bond acceptors (Lipinski definition) is 5. The van der Waals surface area contributed by atoms with Crippen LogP contribution in [0.5, 0.6) is 0 Å². The van der Waals surface area contributed by atoms with Crippen molar-refractivity contribution in [2.45, 2.75) is 31.3 Å². The summed E-state index contributed by atoms with van der Waals surface area (Å²) in [6.45, 7) is 3.72. The average Bonchev–Trinajstić information content (AvgIpc) is 2.49. The minimum absolute atomic E-state index is 0.0476. The highest BCUT2D eigenvalue weighted by molar-refractivity contribution is 5.44. The summed E-state index contributed by atoms with van der Waals surface area (Å²) in [5, 5.41) is 22.0. The number of pyridine rings is 1. The molecular formula is C14H23N3O2. The number of aliphatic hydroxyl groups excluding tert-OH is 2. The van der Waals surface area contributed by atoms with Crippen molar-refractivity contribution in [3.8, 4) is 0 Å². The Kier molecular flexibility index (Phi) is 4.74. The molecule has 5 heteroatoms. The molecule has 3 N–H and O–H groups in total. The third-order valence-electron chi connectivity index (χ3n) is 3.77.